The summed E-state index contributed by atoms with van der Waals surface area (Å²) in [5.74, 6) is 0.983. The van der Waals surface area contributed by atoms with E-state index in [2.05, 4.69) is 20.7 Å². The fraction of sp³-hybridized carbons (Fsp3) is 0.417. The molecule has 1 aliphatic rings. The lowest BCUT2D eigenvalue weighted by Gasteiger charge is -2.23. The van der Waals surface area contributed by atoms with Gasteiger partial charge in [0.2, 0.25) is 0 Å². The molecule has 0 saturated carbocycles. The van der Waals surface area contributed by atoms with Crippen LogP contribution in [0.4, 0.5) is 4.79 Å². The number of rotatable bonds is 3. The summed E-state index contributed by atoms with van der Waals surface area (Å²) in [5.41, 5.74) is 0. The maximum Gasteiger partial charge on any atom is 0.315 e. The van der Waals surface area contributed by atoms with Crippen LogP contribution in [0.15, 0.2) is 18.5 Å². The highest BCUT2D eigenvalue weighted by Crippen LogP contribution is 2.21. The topological polar surface area (TPSA) is 71.8 Å². The minimum Gasteiger partial charge on any atom is -0.334 e. The Morgan fingerprint density at radius 2 is 2.45 bits per heavy atom. The fourth-order valence-corrected chi connectivity index (χ4v) is 3.23. The summed E-state index contributed by atoms with van der Waals surface area (Å²) < 4.78 is 2.57. The Morgan fingerprint density at radius 1 is 1.55 bits per heavy atom. The van der Waals surface area contributed by atoms with Crippen LogP contribution in [0.2, 0.25) is 4.34 Å². The molecule has 0 aromatic carbocycles. The lowest BCUT2D eigenvalue weighted by atomic mass is 10.1. The predicted octanol–water partition coefficient (Wildman–Crippen LogP) is 1.81. The minimum atomic E-state index is -0.164. The molecule has 0 aliphatic carbocycles. The van der Waals surface area contributed by atoms with Gasteiger partial charge in [0.1, 0.15) is 12.2 Å². The second-order valence-electron chi connectivity index (χ2n) is 4.63. The van der Waals surface area contributed by atoms with E-state index in [0.29, 0.717) is 13.1 Å². The number of thiophene rings is 1. The first kappa shape index (κ1) is 13.4. The van der Waals surface area contributed by atoms with Crippen LogP contribution in [0.3, 0.4) is 0 Å². The molecule has 20 heavy (non-hydrogen) atoms. The van der Waals surface area contributed by atoms with Gasteiger partial charge in [-0.2, -0.15) is 5.10 Å². The third-order valence-corrected chi connectivity index (χ3v) is 4.42. The Bertz CT molecular complexity index is 611. The summed E-state index contributed by atoms with van der Waals surface area (Å²) in [5, 5.41) is 9.92. The molecular formula is C12H14ClN5OS. The van der Waals surface area contributed by atoms with Gasteiger partial charge in [-0.15, -0.1) is 11.3 Å². The minimum absolute atomic E-state index is 0.0936. The highest BCUT2D eigenvalue weighted by Gasteiger charge is 2.21. The number of halogens is 1. The molecule has 3 rings (SSSR count). The van der Waals surface area contributed by atoms with Gasteiger partial charge in [-0.3, -0.25) is 0 Å². The molecule has 0 fully saturated rings. The first-order valence-electron chi connectivity index (χ1n) is 6.36. The lowest BCUT2D eigenvalue weighted by Crippen LogP contribution is -2.45. The van der Waals surface area contributed by atoms with Crippen molar-refractivity contribution in [3.8, 4) is 0 Å². The van der Waals surface area contributed by atoms with Gasteiger partial charge in [0.25, 0.3) is 0 Å². The summed E-state index contributed by atoms with van der Waals surface area (Å²) in [6.07, 6.45) is 3.28. The van der Waals surface area contributed by atoms with Crippen LogP contribution in [0, 0.1) is 0 Å². The second kappa shape index (κ2) is 5.80. The van der Waals surface area contributed by atoms with E-state index in [-0.39, 0.29) is 12.1 Å². The average Bonchev–Trinajstić information content (AvgIpc) is 3.04. The van der Waals surface area contributed by atoms with Crippen LogP contribution >= 0.6 is 22.9 Å². The van der Waals surface area contributed by atoms with Crippen molar-refractivity contribution >= 4 is 29.0 Å². The molecule has 1 aliphatic heterocycles. The number of aromatic nitrogens is 3. The molecule has 2 aromatic rings. The molecule has 0 radical (unpaired) electrons. The molecule has 3 heterocycles. The maximum absolute atomic E-state index is 11.8. The number of hydrogen-bond acceptors (Lipinski definition) is 4. The molecule has 6 nitrogen and oxygen atoms in total. The monoisotopic (exact) mass is 311 g/mol. The Hall–Kier alpha value is -1.60. The van der Waals surface area contributed by atoms with Crippen molar-refractivity contribution in [2.75, 3.05) is 0 Å². The Kier molecular flexibility index (Phi) is 3.88. The van der Waals surface area contributed by atoms with Crippen LogP contribution in [-0.2, 0) is 19.5 Å². The van der Waals surface area contributed by atoms with Crippen molar-refractivity contribution in [2.24, 2.45) is 0 Å². The summed E-state index contributed by atoms with van der Waals surface area (Å²) in [4.78, 5) is 17.0. The van der Waals surface area contributed by atoms with Crippen LogP contribution in [0.1, 0.15) is 17.1 Å². The molecule has 1 unspecified atom stereocenters. The second-order valence-corrected chi connectivity index (χ2v) is 6.43. The van der Waals surface area contributed by atoms with Gasteiger partial charge in [0, 0.05) is 11.3 Å². The number of nitrogens with zero attached hydrogens (tertiary/aromatic N) is 3. The van der Waals surface area contributed by atoms with Crippen molar-refractivity contribution in [3.05, 3.63) is 33.5 Å². The highest BCUT2D eigenvalue weighted by atomic mass is 35.5. The van der Waals surface area contributed by atoms with E-state index >= 15 is 0 Å². The summed E-state index contributed by atoms with van der Waals surface area (Å²) in [6.45, 7) is 1.16. The molecule has 2 amide bonds. The van der Waals surface area contributed by atoms with E-state index in [9.17, 15) is 4.79 Å². The van der Waals surface area contributed by atoms with E-state index in [0.717, 1.165) is 27.9 Å². The zero-order chi connectivity index (χ0) is 13.9. The third kappa shape index (κ3) is 3.10. The largest absolute Gasteiger partial charge is 0.334 e. The molecule has 2 aromatic heterocycles. The quantitative estimate of drug-likeness (QED) is 0.908. The van der Waals surface area contributed by atoms with Gasteiger partial charge in [0.15, 0.2) is 0 Å². The molecule has 0 spiro atoms. The smallest absolute Gasteiger partial charge is 0.315 e. The molecule has 2 N–H and O–H groups in total. The van der Waals surface area contributed by atoms with Gasteiger partial charge in [-0.1, -0.05) is 11.6 Å². The van der Waals surface area contributed by atoms with Crippen LogP contribution < -0.4 is 10.6 Å². The van der Waals surface area contributed by atoms with Gasteiger partial charge >= 0.3 is 6.03 Å². The molecule has 106 valence electrons. The molecule has 0 bridgehead atoms. The van der Waals surface area contributed by atoms with Crippen LogP contribution in [0.5, 0.6) is 0 Å². The summed E-state index contributed by atoms with van der Waals surface area (Å²) >= 11 is 7.31. The van der Waals surface area contributed by atoms with E-state index in [1.165, 1.54) is 11.3 Å². The van der Waals surface area contributed by atoms with E-state index in [1.54, 1.807) is 6.33 Å². The summed E-state index contributed by atoms with van der Waals surface area (Å²) in [7, 11) is 0. The number of urea groups is 1. The number of nitrogens with one attached hydrogen (secondary N) is 2. The fourth-order valence-electron chi connectivity index (χ4n) is 2.21. The van der Waals surface area contributed by atoms with Gasteiger partial charge < -0.3 is 10.6 Å². The van der Waals surface area contributed by atoms with Gasteiger partial charge in [-0.25, -0.2) is 14.5 Å². The third-order valence-electron chi connectivity index (χ3n) is 3.19. The van der Waals surface area contributed by atoms with Gasteiger partial charge in [0.05, 0.1) is 23.5 Å². The Balaban J connectivity index is 1.47. The van der Waals surface area contributed by atoms with E-state index < -0.39 is 0 Å². The SMILES string of the molecule is O=C(NCc1ccc(Cl)s1)NC1CCc2ncnn2C1. The number of hydrogen-bond donors (Lipinski definition) is 2. The summed E-state index contributed by atoms with van der Waals surface area (Å²) in [6, 6.07) is 3.67. The zero-order valence-corrected chi connectivity index (χ0v) is 12.2. The molecular weight excluding hydrogens is 298 g/mol. The van der Waals surface area contributed by atoms with Crippen molar-refractivity contribution in [2.45, 2.75) is 32.0 Å². The number of fused-ring (bicyclic) bond motifs is 1. The normalized spacial score (nSPS) is 17.6. The lowest BCUT2D eigenvalue weighted by molar-refractivity contribution is 0.231. The maximum atomic E-state index is 11.8. The van der Waals surface area contributed by atoms with Crippen LogP contribution in [0.25, 0.3) is 0 Å². The zero-order valence-electron chi connectivity index (χ0n) is 10.7. The molecule has 8 heteroatoms. The number of carbonyl (C=O) groups excluding carboxylic acids is 1. The van der Waals surface area contributed by atoms with E-state index in [4.69, 9.17) is 11.6 Å². The number of carbonyl (C=O) groups is 1. The first-order chi connectivity index (χ1) is 9.70. The van der Waals surface area contributed by atoms with Crippen molar-refractivity contribution in [1.29, 1.82) is 0 Å². The van der Waals surface area contributed by atoms with Gasteiger partial charge in [-0.05, 0) is 18.6 Å². The Morgan fingerprint density at radius 3 is 3.25 bits per heavy atom. The van der Waals surface area contributed by atoms with E-state index in [1.807, 2.05) is 16.8 Å². The van der Waals surface area contributed by atoms with Crippen LogP contribution in [-0.4, -0.2) is 26.8 Å². The number of amides is 2. The average molecular weight is 312 g/mol. The standard InChI is InChI=1S/C12H14ClN5OS/c13-10-3-2-9(20-10)5-14-12(19)17-8-1-4-11-15-7-16-18(11)6-8/h2-3,7-8H,1,4-6H2,(H2,14,17,19). The highest BCUT2D eigenvalue weighted by molar-refractivity contribution is 7.16. The van der Waals surface area contributed by atoms with Crippen molar-refractivity contribution in [1.82, 2.24) is 25.4 Å². The first-order valence-corrected chi connectivity index (χ1v) is 7.55. The molecule has 1 atom stereocenters. The van der Waals surface area contributed by atoms with Crippen molar-refractivity contribution < 1.29 is 4.79 Å². The number of aryl methyl sites for hydroxylation is 1. The molecule has 0 saturated heterocycles. The Labute approximate surface area is 125 Å². The predicted molar refractivity (Wildman–Crippen MR) is 76.8 cm³/mol. The van der Waals surface area contributed by atoms with Crippen molar-refractivity contribution in [3.63, 3.8) is 0 Å².